The summed E-state index contributed by atoms with van der Waals surface area (Å²) in [7, 11) is 0. The lowest BCUT2D eigenvalue weighted by molar-refractivity contribution is -0.141. The SMILES string of the molecule is Cc1ccc(CC(=O)OCC(=O)c2c(C)[nH]c3ccccc23)cc1. The van der Waals surface area contributed by atoms with Crippen molar-refractivity contribution in [3.05, 3.63) is 70.9 Å². The Hall–Kier alpha value is -2.88. The van der Waals surface area contributed by atoms with Gasteiger partial charge in [-0.1, -0.05) is 48.0 Å². The van der Waals surface area contributed by atoms with Crippen LogP contribution in [0.3, 0.4) is 0 Å². The molecule has 1 aromatic heterocycles. The van der Waals surface area contributed by atoms with Gasteiger partial charge in [0.2, 0.25) is 5.78 Å². The molecule has 0 bridgehead atoms. The third-order valence-corrected chi connectivity index (χ3v) is 4.01. The number of H-pyrrole nitrogens is 1. The molecule has 0 unspecified atom stereocenters. The normalized spacial score (nSPS) is 10.8. The predicted molar refractivity (Wildman–Crippen MR) is 93.2 cm³/mol. The fraction of sp³-hybridized carbons (Fsp3) is 0.200. The number of ketones is 1. The molecule has 1 N–H and O–H groups in total. The first-order chi connectivity index (χ1) is 11.5. The average Bonchev–Trinajstić information content (AvgIpc) is 2.90. The minimum absolute atomic E-state index is 0.167. The highest BCUT2D eigenvalue weighted by Crippen LogP contribution is 2.22. The number of carbonyl (C=O) groups is 2. The topological polar surface area (TPSA) is 59.2 Å². The number of ether oxygens (including phenoxy) is 1. The largest absolute Gasteiger partial charge is 0.457 e. The third kappa shape index (κ3) is 3.38. The lowest BCUT2D eigenvalue weighted by atomic mass is 10.1. The van der Waals surface area contributed by atoms with Crippen molar-refractivity contribution in [2.75, 3.05) is 6.61 Å². The molecule has 0 aliphatic rings. The molecule has 0 atom stereocenters. The molecule has 0 saturated heterocycles. The molecule has 24 heavy (non-hydrogen) atoms. The number of hydrogen-bond donors (Lipinski definition) is 1. The molecule has 0 spiro atoms. The summed E-state index contributed by atoms with van der Waals surface area (Å²) >= 11 is 0. The van der Waals surface area contributed by atoms with Gasteiger partial charge in [0.1, 0.15) is 0 Å². The molecule has 0 aliphatic heterocycles. The third-order valence-electron chi connectivity index (χ3n) is 4.01. The van der Waals surface area contributed by atoms with Gasteiger partial charge in [0.05, 0.1) is 6.42 Å². The highest BCUT2D eigenvalue weighted by atomic mass is 16.5. The monoisotopic (exact) mass is 321 g/mol. The summed E-state index contributed by atoms with van der Waals surface area (Å²) in [5, 5.41) is 0.856. The molecular weight excluding hydrogens is 302 g/mol. The van der Waals surface area contributed by atoms with E-state index in [0.717, 1.165) is 27.7 Å². The van der Waals surface area contributed by atoms with Crippen LogP contribution >= 0.6 is 0 Å². The Kier molecular flexibility index (Phi) is 4.47. The number of rotatable bonds is 5. The van der Waals surface area contributed by atoms with Crippen molar-refractivity contribution in [3.8, 4) is 0 Å². The van der Waals surface area contributed by atoms with Crippen molar-refractivity contribution in [1.82, 2.24) is 4.98 Å². The summed E-state index contributed by atoms with van der Waals surface area (Å²) in [4.78, 5) is 27.6. The Bertz CT molecular complexity index is 891. The van der Waals surface area contributed by atoms with Crippen molar-refractivity contribution in [3.63, 3.8) is 0 Å². The van der Waals surface area contributed by atoms with E-state index < -0.39 is 5.97 Å². The minimum atomic E-state index is -0.398. The van der Waals surface area contributed by atoms with Gasteiger partial charge >= 0.3 is 5.97 Å². The van der Waals surface area contributed by atoms with Crippen LogP contribution in [0.5, 0.6) is 0 Å². The molecule has 0 aliphatic carbocycles. The van der Waals surface area contributed by atoms with E-state index in [4.69, 9.17) is 4.74 Å². The second-order valence-electron chi connectivity index (χ2n) is 5.92. The van der Waals surface area contributed by atoms with Gasteiger partial charge in [-0.3, -0.25) is 9.59 Å². The quantitative estimate of drug-likeness (QED) is 0.575. The zero-order valence-corrected chi connectivity index (χ0v) is 13.8. The van der Waals surface area contributed by atoms with E-state index in [0.29, 0.717) is 5.56 Å². The zero-order chi connectivity index (χ0) is 17.1. The van der Waals surface area contributed by atoms with Crippen LogP contribution in [-0.2, 0) is 16.0 Å². The molecule has 3 aromatic rings. The second-order valence-corrected chi connectivity index (χ2v) is 5.92. The van der Waals surface area contributed by atoms with E-state index in [2.05, 4.69) is 4.98 Å². The highest BCUT2D eigenvalue weighted by Gasteiger charge is 2.17. The summed E-state index contributed by atoms with van der Waals surface area (Å²) < 4.78 is 5.16. The van der Waals surface area contributed by atoms with Crippen molar-refractivity contribution in [2.24, 2.45) is 0 Å². The minimum Gasteiger partial charge on any atom is -0.457 e. The molecule has 1 heterocycles. The van der Waals surface area contributed by atoms with Crippen molar-refractivity contribution in [1.29, 1.82) is 0 Å². The van der Waals surface area contributed by atoms with Crippen LogP contribution in [-0.4, -0.2) is 23.3 Å². The molecule has 0 radical (unpaired) electrons. The Morgan fingerprint density at radius 2 is 1.71 bits per heavy atom. The number of carbonyl (C=O) groups excluding carboxylic acids is 2. The summed E-state index contributed by atoms with van der Waals surface area (Å²) in [6, 6.07) is 15.3. The summed E-state index contributed by atoms with van der Waals surface area (Å²) in [5.41, 5.74) is 4.30. The van der Waals surface area contributed by atoms with Crippen LogP contribution in [0.4, 0.5) is 0 Å². The van der Waals surface area contributed by atoms with Crippen LogP contribution < -0.4 is 0 Å². The number of nitrogens with one attached hydrogen (secondary N) is 1. The number of fused-ring (bicyclic) bond motifs is 1. The standard InChI is InChI=1S/C20H19NO3/c1-13-7-9-15(10-8-13)11-19(23)24-12-18(22)20-14(2)21-17-6-4-3-5-16(17)20/h3-10,21H,11-12H2,1-2H3. The average molecular weight is 321 g/mol. The first-order valence-corrected chi connectivity index (χ1v) is 7.86. The number of Topliss-reactive ketones (excluding diaryl/α,β-unsaturated/α-hetero) is 1. The van der Waals surface area contributed by atoms with Gasteiger partial charge in [-0.05, 0) is 25.5 Å². The Morgan fingerprint density at radius 1 is 1.00 bits per heavy atom. The van der Waals surface area contributed by atoms with Crippen LogP contribution in [0, 0.1) is 13.8 Å². The number of esters is 1. The number of aromatic nitrogens is 1. The molecule has 3 rings (SSSR count). The molecule has 0 fully saturated rings. The van der Waals surface area contributed by atoms with Crippen molar-refractivity contribution < 1.29 is 14.3 Å². The molecular formula is C20H19NO3. The lowest BCUT2D eigenvalue weighted by Crippen LogP contribution is -2.16. The van der Waals surface area contributed by atoms with Crippen LogP contribution in [0.2, 0.25) is 0 Å². The molecule has 0 saturated carbocycles. The van der Waals surface area contributed by atoms with Crippen LogP contribution in [0.15, 0.2) is 48.5 Å². The highest BCUT2D eigenvalue weighted by molar-refractivity contribution is 6.10. The number of benzene rings is 2. The molecule has 2 aromatic carbocycles. The maximum atomic E-state index is 12.4. The predicted octanol–water partition coefficient (Wildman–Crippen LogP) is 3.75. The number of aromatic amines is 1. The summed E-state index contributed by atoms with van der Waals surface area (Å²) in [6.45, 7) is 3.60. The smallest absolute Gasteiger partial charge is 0.310 e. The van der Waals surface area contributed by atoms with Gasteiger partial charge in [0.25, 0.3) is 0 Å². The summed E-state index contributed by atoms with van der Waals surface area (Å²) in [5.74, 6) is -0.591. The first kappa shape index (κ1) is 16.0. The zero-order valence-electron chi connectivity index (χ0n) is 13.8. The maximum Gasteiger partial charge on any atom is 0.310 e. The van der Waals surface area contributed by atoms with Gasteiger partial charge in [-0.2, -0.15) is 0 Å². The maximum absolute atomic E-state index is 12.4. The van der Waals surface area contributed by atoms with E-state index in [1.54, 1.807) is 0 Å². The Labute approximate surface area is 140 Å². The Balaban J connectivity index is 1.65. The van der Waals surface area contributed by atoms with E-state index >= 15 is 0 Å². The molecule has 4 nitrogen and oxygen atoms in total. The van der Waals surface area contributed by atoms with E-state index in [1.165, 1.54) is 0 Å². The number of para-hydroxylation sites is 1. The van der Waals surface area contributed by atoms with E-state index in [1.807, 2.05) is 62.4 Å². The lowest BCUT2D eigenvalue weighted by Gasteiger charge is -2.05. The van der Waals surface area contributed by atoms with E-state index in [-0.39, 0.29) is 18.8 Å². The fourth-order valence-electron chi connectivity index (χ4n) is 2.78. The first-order valence-electron chi connectivity index (χ1n) is 7.86. The van der Waals surface area contributed by atoms with Gasteiger partial charge in [0.15, 0.2) is 6.61 Å². The van der Waals surface area contributed by atoms with Crippen molar-refractivity contribution >= 4 is 22.7 Å². The summed E-state index contributed by atoms with van der Waals surface area (Å²) in [6.07, 6.45) is 0.167. The van der Waals surface area contributed by atoms with Gasteiger partial charge in [-0.15, -0.1) is 0 Å². The molecule has 122 valence electrons. The number of aryl methyl sites for hydroxylation is 2. The van der Waals surface area contributed by atoms with Gasteiger partial charge in [-0.25, -0.2) is 0 Å². The van der Waals surface area contributed by atoms with Gasteiger partial charge < -0.3 is 9.72 Å². The van der Waals surface area contributed by atoms with Gasteiger partial charge in [0, 0.05) is 22.2 Å². The van der Waals surface area contributed by atoms with Crippen molar-refractivity contribution in [2.45, 2.75) is 20.3 Å². The Morgan fingerprint density at radius 3 is 2.46 bits per heavy atom. The molecule has 4 heteroatoms. The van der Waals surface area contributed by atoms with E-state index in [9.17, 15) is 9.59 Å². The van der Waals surface area contributed by atoms with Crippen LogP contribution in [0.25, 0.3) is 10.9 Å². The second kappa shape index (κ2) is 6.71. The number of hydrogen-bond acceptors (Lipinski definition) is 3. The molecule has 0 amide bonds. The fourth-order valence-corrected chi connectivity index (χ4v) is 2.78. The van der Waals surface area contributed by atoms with Crippen LogP contribution in [0.1, 0.15) is 27.2 Å².